The lowest BCUT2D eigenvalue weighted by molar-refractivity contribution is 0.871. The molecule has 4 aliphatic rings. The molecule has 14 aromatic rings. The van der Waals surface area contributed by atoms with Gasteiger partial charge in [-0.15, -0.1) is 22.7 Å². The smallest absolute Gasteiger partial charge is 0.0975 e. The van der Waals surface area contributed by atoms with Crippen LogP contribution >= 0.6 is 22.7 Å². The average Bonchev–Trinajstić information content (AvgIpc) is 2.33. The number of hydrogen-bond acceptors (Lipinski definition) is 6. The van der Waals surface area contributed by atoms with Crippen LogP contribution in [0.2, 0.25) is 0 Å². The van der Waals surface area contributed by atoms with Gasteiger partial charge in [0, 0.05) is 71.0 Å². The third-order valence-corrected chi connectivity index (χ3v) is 20.2. The average molecular weight is 1110 g/mol. The van der Waals surface area contributed by atoms with Crippen LogP contribution in [0.1, 0.15) is 27.6 Å². The summed E-state index contributed by atoms with van der Waals surface area (Å²) in [5, 5.41) is 16.4. The van der Waals surface area contributed by atoms with Crippen molar-refractivity contribution in [3.63, 3.8) is 0 Å². The Balaban J connectivity index is 0.705. The monoisotopic (exact) mass is 1110 g/mol. The predicted octanol–water partition coefficient (Wildman–Crippen LogP) is 22.2. The van der Waals surface area contributed by atoms with E-state index in [-0.39, 0.29) is 6.04 Å². The summed E-state index contributed by atoms with van der Waals surface area (Å²) in [6.45, 7) is 0.832. The van der Waals surface area contributed by atoms with Crippen molar-refractivity contribution in [2.24, 2.45) is 0 Å². The Labute approximate surface area is 494 Å². The van der Waals surface area contributed by atoms with Crippen molar-refractivity contribution < 1.29 is 0 Å². The van der Waals surface area contributed by atoms with E-state index in [0.29, 0.717) is 0 Å². The highest BCUT2D eigenvalue weighted by atomic mass is 32.1. The number of thiophene rings is 2. The molecule has 2 aliphatic heterocycles. The zero-order chi connectivity index (χ0) is 55.0. The van der Waals surface area contributed by atoms with Crippen LogP contribution < -0.4 is 20.4 Å². The lowest BCUT2D eigenvalue weighted by atomic mass is 9.93. The highest BCUT2D eigenvalue weighted by Crippen LogP contribution is 2.55. The van der Waals surface area contributed by atoms with Crippen LogP contribution in [0.5, 0.6) is 0 Å². The van der Waals surface area contributed by atoms with Crippen LogP contribution in [0.25, 0.3) is 121 Å². The van der Waals surface area contributed by atoms with Crippen LogP contribution in [-0.4, -0.2) is 0 Å². The molecule has 2 N–H and O–H groups in total. The Morgan fingerprint density at radius 1 is 0.369 bits per heavy atom. The summed E-state index contributed by atoms with van der Waals surface area (Å²) in [5.74, 6) is 0. The molecule has 1 unspecified atom stereocenters. The highest BCUT2D eigenvalue weighted by Gasteiger charge is 2.30. The first-order valence-electron chi connectivity index (χ1n) is 28.9. The van der Waals surface area contributed by atoms with Gasteiger partial charge in [-0.3, -0.25) is 0 Å². The van der Waals surface area contributed by atoms with E-state index >= 15 is 0 Å². The van der Waals surface area contributed by atoms with Crippen LogP contribution in [0.15, 0.2) is 261 Å². The Bertz CT molecular complexity index is 5080. The van der Waals surface area contributed by atoms with E-state index in [1.54, 1.807) is 0 Å². The minimum atomic E-state index is -0.0104. The van der Waals surface area contributed by atoms with E-state index in [0.717, 1.165) is 40.7 Å². The van der Waals surface area contributed by atoms with Gasteiger partial charge in [0.25, 0.3) is 0 Å². The van der Waals surface area contributed by atoms with Crippen LogP contribution in [0.3, 0.4) is 0 Å². The molecule has 0 amide bonds. The zero-order valence-corrected chi connectivity index (χ0v) is 47.1. The number of fused-ring (bicyclic) bond motifs is 12. The lowest BCUT2D eigenvalue weighted by Crippen LogP contribution is -2.11. The predicted molar refractivity (Wildman–Crippen MR) is 359 cm³/mol. The first-order valence-corrected chi connectivity index (χ1v) is 30.5. The Hall–Kier alpha value is -10.2. The fourth-order valence-corrected chi connectivity index (χ4v) is 16.2. The summed E-state index contributed by atoms with van der Waals surface area (Å²) >= 11 is 3.72. The van der Waals surface area contributed by atoms with Crippen molar-refractivity contribution in [2.45, 2.75) is 12.6 Å². The second-order valence-corrected chi connectivity index (χ2v) is 24.5. The highest BCUT2D eigenvalue weighted by molar-refractivity contribution is 7.23. The largest absolute Gasteiger partial charge is 0.387 e. The molecule has 0 saturated heterocycles. The number of nitrogens with zero attached hydrogens (tertiary/aromatic N) is 2. The summed E-state index contributed by atoms with van der Waals surface area (Å²) in [6, 6.07) is 92.6. The fraction of sp³-hybridized carbons (Fsp3) is 0.0256. The third-order valence-electron chi connectivity index (χ3n) is 17.9. The van der Waals surface area contributed by atoms with Gasteiger partial charge in [-0.25, -0.2) is 0 Å². The van der Waals surface area contributed by atoms with Crippen molar-refractivity contribution in [2.75, 3.05) is 15.1 Å². The second-order valence-electron chi connectivity index (χ2n) is 22.4. The fourth-order valence-electron chi connectivity index (χ4n) is 14.0. The van der Waals surface area contributed by atoms with Crippen molar-refractivity contribution >= 4 is 116 Å². The molecule has 84 heavy (non-hydrogen) atoms. The first-order chi connectivity index (χ1) is 41.6. The lowest BCUT2D eigenvalue weighted by Gasteiger charge is -2.28. The topological polar surface area (TPSA) is 30.5 Å². The maximum absolute atomic E-state index is 4.07. The van der Waals surface area contributed by atoms with Crippen LogP contribution in [0, 0.1) is 0 Å². The SMILES string of the molecule is C1=Cc2sc3ccc(N(c4ccc(-c5ccccc5)cc4)c4ccc5c(c4)-c4cccc6c(C7C=Cc8c(sc9ccc(N(c%10ccc(-c%11ccccc%11)cc%10)c%10ccc%11c%12c(cccc%10%12)-c%10ccccc%10-%11)cc89)N7)ccc-5c46)cc3c2CN1. The van der Waals surface area contributed by atoms with Gasteiger partial charge in [0.2, 0.25) is 0 Å². The van der Waals surface area contributed by atoms with Gasteiger partial charge in [-0.2, -0.15) is 0 Å². The molecule has 394 valence electrons. The second kappa shape index (κ2) is 18.6. The maximum atomic E-state index is 4.07. The van der Waals surface area contributed by atoms with Gasteiger partial charge in [0.1, 0.15) is 0 Å². The molecule has 0 bridgehead atoms. The van der Waals surface area contributed by atoms with Gasteiger partial charge >= 0.3 is 0 Å². The number of rotatable bonds is 9. The molecule has 2 aliphatic carbocycles. The Morgan fingerprint density at radius 2 is 0.893 bits per heavy atom. The number of benzene rings is 12. The van der Waals surface area contributed by atoms with E-state index in [9.17, 15) is 0 Å². The summed E-state index contributed by atoms with van der Waals surface area (Å²) in [5.41, 5.74) is 25.8. The zero-order valence-electron chi connectivity index (χ0n) is 45.5. The van der Waals surface area contributed by atoms with Gasteiger partial charge < -0.3 is 20.4 Å². The molecule has 18 rings (SSSR count). The van der Waals surface area contributed by atoms with E-state index in [1.165, 1.54) is 135 Å². The summed E-state index contributed by atoms with van der Waals surface area (Å²) in [4.78, 5) is 6.24. The van der Waals surface area contributed by atoms with Gasteiger partial charge in [-0.05, 0) is 185 Å². The molecular formula is C78H50N4S2. The summed E-state index contributed by atoms with van der Waals surface area (Å²) < 4.78 is 2.57. The number of hydrogen-bond donors (Lipinski definition) is 2. The third kappa shape index (κ3) is 7.31. The normalized spacial score (nSPS) is 13.9. The van der Waals surface area contributed by atoms with Crippen molar-refractivity contribution in [3.05, 3.63) is 283 Å². The standard InChI is InChI=1S/C78H50N4S2/c1-3-11-47(12-4-1)49-21-25-51(26-22-49)81(54-30-39-73-69(44-54)70-46-79-42-41-75(70)83-73)53-29-32-58-63-34-33-59(61-18-9-19-62(76(61)63)67(58)43-53)71-37-35-65-68-45-55(31-40-74(68)84-78(65)80-71)82(52-27-23-50(24-28-52)48-13-5-2-6-14-48)72-38-36-64-57-16-8-7-15-56(57)60-17-10-20-66(72)77(60)64/h1-45,71,79-80H,46H2. The minimum absolute atomic E-state index is 0.0104. The molecule has 4 nitrogen and oxygen atoms in total. The molecule has 4 heterocycles. The summed E-state index contributed by atoms with van der Waals surface area (Å²) in [7, 11) is 0. The molecule has 0 spiro atoms. The van der Waals surface area contributed by atoms with Gasteiger partial charge in [0.15, 0.2) is 0 Å². The minimum Gasteiger partial charge on any atom is -0.387 e. The van der Waals surface area contributed by atoms with Crippen LogP contribution in [-0.2, 0) is 6.54 Å². The van der Waals surface area contributed by atoms with Crippen molar-refractivity contribution in [1.29, 1.82) is 0 Å². The molecule has 12 aromatic carbocycles. The maximum Gasteiger partial charge on any atom is 0.0975 e. The molecule has 0 radical (unpaired) electrons. The number of anilines is 7. The molecule has 6 heteroatoms. The van der Waals surface area contributed by atoms with Crippen molar-refractivity contribution in [3.8, 4) is 66.8 Å². The van der Waals surface area contributed by atoms with Gasteiger partial charge in [0.05, 0.1) is 16.7 Å². The molecule has 0 fully saturated rings. The van der Waals surface area contributed by atoms with E-state index in [4.69, 9.17) is 0 Å². The molecular weight excluding hydrogens is 1060 g/mol. The molecule has 2 aromatic heterocycles. The van der Waals surface area contributed by atoms with Crippen LogP contribution in [0.4, 0.5) is 39.1 Å². The van der Waals surface area contributed by atoms with E-state index in [2.05, 4.69) is 294 Å². The molecule has 1 atom stereocenters. The Morgan fingerprint density at radius 3 is 1.62 bits per heavy atom. The first kappa shape index (κ1) is 47.4. The summed E-state index contributed by atoms with van der Waals surface area (Å²) in [6.07, 6.45) is 9.03. The quantitative estimate of drug-likeness (QED) is 0.151. The Kier molecular flexibility index (Phi) is 10.5. The van der Waals surface area contributed by atoms with Crippen molar-refractivity contribution in [1.82, 2.24) is 5.32 Å². The van der Waals surface area contributed by atoms with E-state index < -0.39 is 0 Å². The number of nitrogens with one attached hydrogen (secondary N) is 2. The van der Waals surface area contributed by atoms with Gasteiger partial charge in [-0.1, -0.05) is 182 Å². The van der Waals surface area contributed by atoms with E-state index in [1.807, 2.05) is 22.7 Å². The molecule has 0 saturated carbocycles.